The Balaban J connectivity index is 1.45. The molecule has 3 aromatic rings. The normalized spacial score (nSPS) is 13.3. The third kappa shape index (κ3) is 3.71. The monoisotopic (exact) mass is 433 g/mol. The summed E-state index contributed by atoms with van der Waals surface area (Å²) in [5.74, 6) is 0.292. The van der Waals surface area contributed by atoms with Gasteiger partial charge in [-0.1, -0.05) is 17.8 Å². The lowest BCUT2D eigenvalue weighted by atomic mass is 9.95. The first-order chi connectivity index (χ1) is 13.5. The number of rotatable bonds is 6. The second kappa shape index (κ2) is 8.06. The summed E-state index contributed by atoms with van der Waals surface area (Å²) in [5.41, 5.74) is 7.08. The van der Waals surface area contributed by atoms with Gasteiger partial charge in [0.1, 0.15) is 5.00 Å². The maximum absolute atomic E-state index is 12.5. The van der Waals surface area contributed by atoms with Crippen molar-refractivity contribution in [2.75, 3.05) is 11.1 Å². The summed E-state index contributed by atoms with van der Waals surface area (Å²) in [4.78, 5) is 26.6. The summed E-state index contributed by atoms with van der Waals surface area (Å²) in [6.07, 6.45) is 3.94. The SMILES string of the molecule is Cn1c(SCC(=O)Nc2sc3c(c2C(N)=O)CCCC3)nnc1-c1cccs1. The molecule has 1 aliphatic carbocycles. The summed E-state index contributed by atoms with van der Waals surface area (Å²) in [6, 6.07) is 3.95. The Labute approximate surface area is 174 Å². The van der Waals surface area contributed by atoms with Gasteiger partial charge in [-0.3, -0.25) is 9.59 Å². The van der Waals surface area contributed by atoms with Gasteiger partial charge < -0.3 is 15.6 Å². The molecule has 0 aliphatic heterocycles. The number of aromatic nitrogens is 3. The van der Waals surface area contributed by atoms with Crippen molar-refractivity contribution in [3.8, 4) is 10.7 Å². The molecule has 28 heavy (non-hydrogen) atoms. The molecule has 0 radical (unpaired) electrons. The van der Waals surface area contributed by atoms with Gasteiger partial charge in [-0.2, -0.15) is 0 Å². The number of anilines is 1. The molecule has 0 bridgehead atoms. The van der Waals surface area contributed by atoms with Crippen LogP contribution in [0.1, 0.15) is 33.6 Å². The van der Waals surface area contributed by atoms with Gasteiger partial charge in [0.05, 0.1) is 16.2 Å². The molecule has 3 N–H and O–H groups in total. The molecule has 3 heterocycles. The number of thioether (sulfide) groups is 1. The number of nitrogens with zero attached hydrogens (tertiary/aromatic N) is 3. The second-order valence-electron chi connectivity index (χ2n) is 6.46. The van der Waals surface area contributed by atoms with E-state index in [9.17, 15) is 9.59 Å². The minimum absolute atomic E-state index is 0.178. The van der Waals surface area contributed by atoms with E-state index >= 15 is 0 Å². The van der Waals surface area contributed by atoms with Crippen LogP contribution in [0.4, 0.5) is 5.00 Å². The van der Waals surface area contributed by atoms with Crippen molar-refractivity contribution in [3.63, 3.8) is 0 Å². The largest absolute Gasteiger partial charge is 0.365 e. The molecule has 0 saturated heterocycles. The highest BCUT2D eigenvalue weighted by atomic mass is 32.2. The highest BCUT2D eigenvalue weighted by molar-refractivity contribution is 7.99. The van der Waals surface area contributed by atoms with Crippen molar-refractivity contribution in [2.24, 2.45) is 12.8 Å². The number of nitrogens with one attached hydrogen (secondary N) is 1. The molecule has 1 aliphatic rings. The van der Waals surface area contributed by atoms with Crippen LogP contribution in [0.5, 0.6) is 0 Å². The Morgan fingerprint density at radius 1 is 1.32 bits per heavy atom. The first-order valence-electron chi connectivity index (χ1n) is 8.85. The zero-order valence-corrected chi connectivity index (χ0v) is 17.7. The van der Waals surface area contributed by atoms with Gasteiger partial charge in [0.25, 0.3) is 5.91 Å². The van der Waals surface area contributed by atoms with Crippen LogP contribution in [-0.4, -0.2) is 32.3 Å². The van der Waals surface area contributed by atoms with E-state index in [1.807, 2.05) is 29.1 Å². The lowest BCUT2D eigenvalue weighted by molar-refractivity contribution is -0.113. The number of hydrogen-bond acceptors (Lipinski definition) is 7. The van der Waals surface area contributed by atoms with Crippen LogP contribution in [0.25, 0.3) is 10.7 Å². The topological polar surface area (TPSA) is 103 Å². The molecule has 0 aromatic carbocycles. The summed E-state index contributed by atoms with van der Waals surface area (Å²) in [5, 5.41) is 14.5. The van der Waals surface area contributed by atoms with Crippen LogP contribution in [0.15, 0.2) is 22.7 Å². The van der Waals surface area contributed by atoms with E-state index in [-0.39, 0.29) is 11.7 Å². The second-order valence-corrected chi connectivity index (χ2v) is 9.45. The molecule has 0 unspecified atom stereocenters. The number of thiophene rings is 2. The molecule has 10 heteroatoms. The molecule has 0 atom stereocenters. The lowest BCUT2D eigenvalue weighted by Crippen LogP contribution is -2.19. The molecular weight excluding hydrogens is 414 g/mol. The first kappa shape index (κ1) is 19.2. The Hall–Kier alpha value is -2.17. The van der Waals surface area contributed by atoms with Crippen LogP contribution >= 0.6 is 34.4 Å². The minimum atomic E-state index is -0.476. The fourth-order valence-corrected chi connectivity index (χ4v) is 6.03. The molecule has 0 saturated carbocycles. The zero-order chi connectivity index (χ0) is 19.7. The molecular formula is C18H19N5O2S3. The van der Waals surface area contributed by atoms with Gasteiger partial charge in [0.2, 0.25) is 5.91 Å². The predicted octanol–water partition coefficient (Wildman–Crippen LogP) is 3.31. The minimum Gasteiger partial charge on any atom is -0.365 e. The van der Waals surface area contributed by atoms with Crippen molar-refractivity contribution >= 4 is 51.3 Å². The fraction of sp³-hybridized carbons (Fsp3) is 0.333. The van der Waals surface area contributed by atoms with Crippen molar-refractivity contribution < 1.29 is 9.59 Å². The summed E-state index contributed by atoms with van der Waals surface area (Å²) < 4.78 is 1.88. The smallest absolute Gasteiger partial charge is 0.251 e. The molecule has 0 fully saturated rings. The van der Waals surface area contributed by atoms with Gasteiger partial charge in [-0.05, 0) is 42.7 Å². The number of carbonyl (C=O) groups is 2. The van der Waals surface area contributed by atoms with Crippen molar-refractivity contribution in [1.29, 1.82) is 0 Å². The van der Waals surface area contributed by atoms with E-state index in [1.54, 1.807) is 11.3 Å². The Kier molecular flexibility index (Phi) is 5.51. The Morgan fingerprint density at radius 3 is 2.89 bits per heavy atom. The third-order valence-corrected chi connectivity index (χ3v) is 7.67. The number of hydrogen-bond donors (Lipinski definition) is 2. The Morgan fingerprint density at radius 2 is 2.14 bits per heavy atom. The average Bonchev–Trinajstić information content (AvgIpc) is 3.38. The summed E-state index contributed by atoms with van der Waals surface area (Å²) in [6.45, 7) is 0. The standard InChI is InChI=1S/C18H19N5O2S3/c1-23-16(12-7-4-8-26-12)21-22-18(23)27-9-13(24)20-17-14(15(19)25)10-5-2-3-6-11(10)28-17/h4,7-8H,2-3,5-6,9H2,1H3,(H2,19,25)(H,20,24). The fourth-order valence-electron chi connectivity index (χ4n) is 3.27. The number of amides is 2. The summed E-state index contributed by atoms with van der Waals surface area (Å²) in [7, 11) is 1.88. The predicted molar refractivity (Wildman–Crippen MR) is 113 cm³/mol. The molecule has 146 valence electrons. The average molecular weight is 434 g/mol. The van der Waals surface area contributed by atoms with E-state index in [0.29, 0.717) is 15.7 Å². The quantitative estimate of drug-likeness (QED) is 0.581. The number of aryl methyl sites for hydroxylation is 1. The van der Waals surface area contributed by atoms with Crippen molar-refractivity contribution in [2.45, 2.75) is 30.8 Å². The van der Waals surface area contributed by atoms with Crippen LogP contribution in [0, 0.1) is 0 Å². The van der Waals surface area contributed by atoms with Crippen molar-refractivity contribution in [1.82, 2.24) is 14.8 Å². The van der Waals surface area contributed by atoms with Crippen LogP contribution < -0.4 is 11.1 Å². The van der Waals surface area contributed by atoms with Crippen LogP contribution in [-0.2, 0) is 24.7 Å². The molecule has 4 rings (SSSR count). The van der Waals surface area contributed by atoms with E-state index in [1.165, 1.54) is 23.1 Å². The molecule has 3 aromatic heterocycles. The van der Waals surface area contributed by atoms with E-state index in [2.05, 4.69) is 15.5 Å². The third-order valence-electron chi connectivity index (χ3n) is 4.58. The van der Waals surface area contributed by atoms with Crippen LogP contribution in [0.2, 0.25) is 0 Å². The number of carbonyl (C=O) groups excluding carboxylic acids is 2. The highest BCUT2D eigenvalue weighted by Gasteiger charge is 2.25. The lowest BCUT2D eigenvalue weighted by Gasteiger charge is -2.11. The van der Waals surface area contributed by atoms with Gasteiger partial charge in [-0.15, -0.1) is 32.9 Å². The van der Waals surface area contributed by atoms with Crippen molar-refractivity contribution in [3.05, 3.63) is 33.5 Å². The van der Waals surface area contributed by atoms with Crippen LogP contribution in [0.3, 0.4) is 0 Å². The number of primary amides is 1. The first-order valence-corrected chi connectivity index (χ1v) is 11.5. The van der Waals surface area contributed by atoms with E-state index in [4.69, 9.17) is 5.73 Å². The van der Waals surface area contributed by atoms with Gasteiger partial charge >= 0.3 is 0 Å². The maximum atomic E-state index is 12.5. The maximum Gasteiger partial charge on any atom is 0.251 e. The Bertz CT molecular complexity index is 1020. The zero-order valence-electron chi connectivity index (χ0n) is 15.2. The van der Waals surface area contributed by atoms with Gasteiger partial charge in [0.15, 0.2) is 11.0 Å². The van der Waals surface area contributed by atoms with E-state index in [0.717, 1.165) is 46.8 Å². The van der Waals surface area contributed by atoms with E-state index < -0.39 is 5.91 Å². The van der Waals surface area contributed by atoms with Gasteiger partial charge in [0, 0.05) is 11.9 Å². The summed E-state index contributed by atoms with van der Waals surface area (Å²) >= 11 is 4.38. The van der Waals surface area contributed by atoms with Gasteiger partial charge in [-0.25, -0.2) is 0 Å². The molecule has 2 amide bonds. The number of fused-ring (bicyclic) bond motifs is 1. The molecule has 0 spiro atoms. The molecule has 7 nitrogen and oxygen atoms in total. The number of nitrogens with two attached hydrogens (primary N) is 1. The highest BCUT2D eigenvalue weighted by Crippen LogP contribution is 2.38.